The lowest BCUT2D eigenvalue weighted by atomic mass is 9.68. The van der Waals surface area contributed by atoms with Crippen molar-refractivity contribution >= 4 is 32.3 Å². The largest absolute Gasteiger partial charge is 0.212 e. The van der Waals surface area contributed by atoms with Gasteiger partial charge in [0.15, 0.2) is 29.1 Å². The predicted octanol–water partition coefficient (Wildman–Crippen LogP) is 17.0. The zero-order valence-corrected chi connectivity index (χ0v) is 42.7. The van der Waals surface area contributed by atoms with Crippen molar-refractivity contribution in [2.24, 2.45) is 5.92 Å². The van der Waals surface area contributed by atoms with Crippen LogP contribution < -0.4 is 0 Å². The van der Waals surface area contributed by atoms with Gasteiger partial charge in [-0.25, -0.2) is 29.9 Å². The lowest BCUT2D eigenvalue weighted by molar-refractivity contribution is 0.596. The summed E-state index contributed by atoms with van der Waals surface area (Å²) in [6.07, 6.45) is 6.72. The van der Waals surface area contributed by atoms with Gasteiger partial charge in [0.25, 0.3) is 0 Å². The molecular weight excluding hydrogens is 901 g/mol. The summed E-state index contributed by atoms with van der Waals surface area (Å²) >= 11 is 0. The summed E-state index contributed by atoms with van der Waals surface area (Å²) in [5.41, 5.74) is 16.8. The Bertz CT molecular complexity index is 4050. The Kier molecular flexibility index (Phi) is 10.7. The van der Waals surface area contributed by atoms with Crippen LogP contribution in [0.3, 0.4) is 0 Å². The van der Waals surface area contributed by atoms with Crippen molar-refractivity contribution in [1.29, 1.82) is 0 Å². The van der Waals surface area contributed by atoms with Crippen molar-refractivity contribution in [3.63, 3.8) is 0 Å². The number of aryl methyl sites for hydroxylation is 3. The lowest BCUT2D eigenvalue weighted by Gasteiger charge is -2.35. The van der Waals surface area contributed by atoms with Gasteiger partial charge in [-0.05, 0) is 99.3 Å². The Labute approximate surface area is 432 Å². The van der Waals surface area contributed by atoms with Crippen LogP contribution in [0.15, 0.2) is 194 Å². The molecule has 0 spiro atoms. The topological polar surface area (TPSA) is 77.3 Å². The van der Waals surface area contributed by atoms with Crippen LogP contribution in [-0.4, -0.2) is 29.9 Å². The highest BCUT2D eigenvalue weighted by molar-refractivity contribution is 6.27. The van der Waals surface area contributed by atoms with E-state index in [1.54, 1.807) is 0 Å². The van der Waals surface area contributed by atoms with Crippen LogP contribution in [0, 0.1) is 26.7 Å². The first kappa shape index (κ1) is 45.1. The number of allylic oxidation sites excluding steroid dienone is 4. The molecule has 0 amide bonds. The number of rotatable bonds is 8. The molecule has 2 atom stereocenters. The van der Waals surface area contributed by atoms with Crippen LogP contribution in [0.4, 0.5) is 0 Å². The summed E-state index contributed by atoms with van der Waals surface area (Å²) < 4.78 is 0. The van der Waals surface area contributed by atoms with Gasteiger partial charge in [0.05, 0.1) is 0 Å². The zero-order chi connectivity index (χ0) is 50.4. The van der Waals surface area contributed by atoms with Crippen molar-refractivity contribution in [2.75, 3.05) is 0 Å². The van der Waals surface area contributed by atoms with Gasteiger partial charge >= 0.3 is 0 Å². The Hall–Kier alpha value is -8.74. The molecule has 6 nitrogen and oxygen atoms in total. The molecule has 9 aromatic carbocycles. The maximum atomic E-state index is 5.16. The first-order valence-electron chi connectivity index (χ1n) is 25.7. The van der Waals surface area contributed by atoms with E-state index >= 15 is 0 Å². The molecule has 2 aromatic heterocycles. The Balaban J connectivity index is 0.890. The van der Waals surface area contributed by atoms with E-state index in [0.29, 0.717) is 29.1 Å². The first-order chi connectivity index (χ1) is 35.9. The Morgan fingerprint density at radius 2 is 0.716 bits per heavy atom. The minimum absolute atomic E-state index is 0.0600. The Morgan fingerprint density at radius 1 is 0.365 bits per heavy atom. The van der Waals surface area contributed by atoms with Crippen molar-refractivity contribution in [3.8, 4) is 79.2 Å². The predicted molar refractivity (Wildman–Crippen MR) is 305 cm³/mol. The molecule has 74 heavy (non-hydrogen) atoms. The maximum Gasteiger partial charge on any atom is 0.164 e. The molecule has 6 heteroatoms. The second-order valence-electron chi connectivity index (χ2n) is 21.1. The highest BCUT2D eigenvalue weighted by Crippen LogP contribution is 2.52. The van der Waals surface area contributed by atoms with Gasteiger partial charge in [-0.2, -0.15) is 0 Å². The normalized spacial score (nSPS) is 15.6. The maximum absolute atomic E-state index is 5.16. The number of aromatic nitrogens is 6. The third-order valence-electron chi connectivity index (χ3n) is 15.6. The fourth-order valence-corrected chi connectivity index (χ4v) is 11.4. The van der Waals surface area contributed by atoms with Gasteiger partial charge in [0, 0.05) is 39.2 Å². The average molecular weight is 955 g/mol. The van der Waals surface area contributed by atoms with Gasteiger partial charge < -0.3 is 0 Å². The van der Waals surface area contributed by atoms with E-state index < -0.39 is 0 Å². The molecule has 2 unspecified atom stereocenters. The van der Waals surface area contributed by atoms with E-state index in [4.69, 9.17) is 29.9 Å². The van der Waals surface area contributed by atoms with Crippen LogP contribution in [0.1, 0.15) is 67.3 Å². The number of nitrogens with zero attached hydrogens (tertiary/aromatic N) is 6. The van der Waals surface area contributed by atoms with E-state index in [9.17, 15) is 0 Å². The zero-order valence-electron chi connectivity index (χ0n) is 42.7. The molecule has 0 N–H and O–H groups in total. The molecule has 13 rings (SSSR count). The molecule has 11 aromatic rings. The summed E-state index contributed by atoms with van der Waals surface area (Å²) in [6, 6.07) is 61.4. The minimum Gasteiger partial charge on any atom is -0.212 e. The number of benzene rings is 9. The summed E-state index contributed by atoms with van der Waals surface area (Å²) in [5.74, 6) is 4.45. The smallest absolute Gasteiger partial charge is 0.164 e. The highest BCUT2D eigenvalue weighted by atomic mass is 15.0. The van der Waals surface area contributed by atoms with Crippen LogP contribution in [0.25, 0.3) is 112 Å². The molecule has 356 valence electrons. The molecule has 2 aliphatic rings. The van der Waals surface area contributed by atoms with Gasteiger partial charge in [-0.15, -0.1) is 0 Å². The molecule has 2 aliphatic carbocycles. The van der Waals surface area contributed by atoms with Crippen molar-refractivity contribution in [2.45, 2.75) is 59.8 Å². The number of hydrogen-bond donors (Lipinski definition) is 0. The molecule has 0 radical (unpaired) electrons. The van der Waals surface area contributed by atoms with Gasteiger partial charge in [0.1, 0.15) is 5.82 Å². The third kappa shape index (κ3) is 7.72. The van der Waals surface area contributed by atoms with E-state index in [-0.39, 0.29) is 17.3 Å². The Morgan fingerprint density at radius 3 is 1.09 bits per heavy atom. The molecule has 0 saturated heterocycles. The molecule has 0 bridgehead atoms. The monoisotopic (exact) mass is 954 g/mol. The summed E-state index contributed by atoms with van der Waals surface area (Å²) in [7, 11) is 0. The third-order valence-corrected chi connectivity index (χ3v) is 15.6. The first-order valence-corrected chi connectivity index (χ1v) is 25.7. The van der Waals surface area contributed by atoms with Gasteiger partial charge in [0.2, 0.25) is 0 Å². The fraction of sp³-hybridized carbons (Fsp3) is 0.147. The average Bonchev–Trinajstić information content (AvgIpc) is 3.42. The molecule has 0 fully saturated rings. The fourth-order valence-electron chi connectivity index (χ4n) is 11.4. The van der Waals surface area contributed by atoms with E-state index in [1.165, 1.54) is 76.8 Å². The molecule has 0 saturated carbocycles. The molecule has 0 aliphatic heterocycles. The lowest BCUT2D eigenvalue weighted by Crippen LogP contribution is -2.22. The van der Waals surface area contributed by atoms with Crippen LogP contribution in [-0.2, 0) is 5.41 Å². The highest BCUT2D eigenvalue weighted by Gasteiger charge is 2.34. The van der Waals surface area contributed by atoms with Crippen LogP contribution in [0.2, 0.25) is 0 Å². The van der Waals surface area contributed by atoms with Crippen LogP contribution in [0.5, 0.6) is 0 Å². The summed E-state index contributed by atoms with van der Waals surface area (Å²) in [5, 5.41) is 7.71. The molecular formula is C68H54N6. The van der Waals surface area contributed by atoms with E-state index in [0.717, 1.165) is 44.8 Å². The molecule has 2 heterocycles. The minimum atomic E-state index is -0.238. The van der Waals surface area contributed by atoms with Gasteiger partial charge in [-0.1, -0.05) is 231 Å². The van der Waals surface area contributed by atoms with E-state index in [2.05, 4.69) is 237 Å². The standard InChI is InChI=1S/C68H54N6/c1-39-8-15-47(16-9-39)62-69-63(48-17-10-40(2)11-18-48)71-64(70-62)50-25-21-44(22-26-50)53-34-36-57-60-55(53)32-29-46-30-33-56-54(35-37-58(68(57,6)7)61(56)59(46)60)45-23-27-51(28-24-45)66-72-65(49-19-12-41(3)13-20-49)73-67(74-66)52-31-14-42(4)38-43(52)5/h8-38,43,52H,1-7H3. The van der Waals surface area contributed by atoms with E-state index in [1.807, 2.05) is 0 Å². The second kappa shape index (κ2) is 17.5. The van der Waals surface area contributed by atoms with Crippen molar-refractivity contribution in [3.05, 3.63) is 227 Å². The van der Waals surface area contributed by atoms with Crippen molar-refractivity contribution in [1.82, 2.24) is 29.9 Å². The van der Waals surface area contributed by atoms with Gasteiger partial charge in [-0.3, -0.25) is 0 Å². The van der Waals surface area contributed by atoms with Crippen molar-refractivity contribution < 1.29 is 0 Å². The SMILES string of the molecule is CC1=CC(C)C(c2nc(-c3ccc(C)cc3)nc(-c3ccc(-c4ccc5c6c4ccc4ccc7c(-c8ccc(-c9nc(-c%10ccc(C)cc%10)nc(-c%10ccc(C)cc%10)n9)cc8)ccc(c7c46)C5(C)C)cc3)n2)C=C1. The number of hydrogen-bond acceptors (Lipinski definition) is 6. The second-order valence-corrected chi connectivity index (χ2v) is 21.1. The summed E-state index contributed by atoms with van der Waals surface area (Å²) in [4.78, 5) is 30.4. The quantitative estimate of drug-likeness (QED) is 0.141. The summed E-state index contributed by atoms with van der Waals surface area (Å²) in [6.45, 7) is 15.4. The van der Waals surface area contributed by atoms with Crippen LogP contribution >= 0.6 is 0 Å².